The number of hydrogen-bond donors (Lipinski definition) is 0. The van der Waals surface area contributed by atoms with E-state index >= 15 is 0 Å². The summed E-state index contributed by atoms with van der Waals surface area (Å²) < 4.78 is 37.4. The van der Waals surface area contributed by atoms with Crippen molar-refractivity contribution in [2.24, 2.45) is 0 Å². The van der Waals surface area contributed by atoms with Crippen molar-refractivity contribution in [1.29, 1.82) is 0 Å². The molecule has 0 N–H and O–H groups in total. The fourth-order valence-electron chi connectivity index (χ4n) is 1.95. The number of halogens is 1. The van der Waals surface area contributed by atoms with Gasteiger partial charge in [-0.25, -0.2) is 8.42 Å². The molecule has 2 rings (SSSR count). The van der Waals surface area contributed by atoms with Gasteiger partial charge in [-0.2, -0.15) is 0 Å². The number of methoxy groups -OCH3 is 2. The topological polar surface area (TPSA) is 83.8 Å². The van der Waals surface area contributed by atoms with Crippen molar-refractivity contribution in [1.82, 2.24) is 0 Å². The fourth-order valence-corrected chi connectivity index (χ4v) is 2.83. The molecule has 0 aliphatic carbocycles. The van der Waals surface area contributed by atoms with Gasteiger partial charge in [0.05, 0.1) is 20.1 Å². The smallest absolute Gasteiger partial charge is 0.538 e. The van der Waals surface area contributed by atoms with Crippen LogP contribution in [0, 0.1) is 0 Å². The van der Waals surface area contributed by atoms with Gasteiger partial charge < -0.3 is 19.0 Å². The summed E-state index contributed by atoms with van der Waals surface area (Å²) in [7, 11) is -1.26. The number of rotatable bonds is 6. The molecule has 1 amide bonds. The molecule has 2 aromatic rings. The maximum Gasteiger partial charge on any atom is 1.00 e. The molecule has 2 aromatic carbocycles. The number of ether oxygens (including phenoxy) is 2. The second-order valence-corrected chi connectivity index (χ2v) is 6.76. The van der Waals surface area contributed by atoms with Gasteiger partial charge in [-0.3, -0.25) is 0 Å². The number of amides is 1. The second-order valence-electron chi connectivity index (χ2n) is 4.84. The van der Waals surface area contributed by atoms with Gasteiger partial charge in [0.25, 0.3) is 0 Å². The molecule has 0 saturated heterocycles. The van der Waals surface area contributed by atoms with E-state index < -0.39 is 15.9 Å². The van der Waals surface area contributed by atoms with Gasteiger partial charge in [0, 0.05) is 16.0 Å². The van der Waals surface area contributed by atoms with E-state index in [9.17, 15) is 13.2 Å². The Bertz CT molecular complexity index is 915. The van der Waals surface area contributed by atoms with Crippen LogP contribution in [0.4, 0.5) is 0 Å². The third-order valence-corrected chi connectivity index (χ3v) is 4.27. The van der Waals surface area contributed by atoms with Crippen LogP contribution in [-0.2, 0) is 10.0 Å². The van der Waals surface area contributed by atoms with Crippen LogP contribution in [0.3, 0.4) is 0 Å². The summed E-state index contributed by atoms with van der Waals surface area (Å²) in [6.07, 6.45) is 1.33. The zero-order valence-corrected chi connectivity index (χ0v) is 18.0. The molecule has 26 heavy (non-hydrogen) atoms. The summed E-state index contributed by atoms with van der Waals surface area (Å²) in [6, 6.07) is 11.0. The van der Waals surface area contributed by atoms with E-state index in [1.54, 1.807) is 24.3 Å². The van der Waals surface area contributed by atoms with Gasteiger partial charge in [0.2, 0.25) is 0 Å². The molecule has 0 radical (unpaired) electrons. The number of hydrogen-bond acceptors (Lipinski definition) is 5. The number of sulfonamides is 1. The van der Waals surface area contributed by atoms with E-state index in [0.29, 0.717) is 16.3 Å². The van der Waals surface area contributed by atoms with Gasteiger partial charge in [0.1, 0.15) is 21.5 Å². The van der Waals surface area contributed by atoms with Crippen LogP contribution in [-0.4, -0.2) is 28.5 Å². The largest absolute Gasteiger partial charge is 1.00 e. The molecule has 0 atom stereocenters. The Hall–Kier alpha value is -1.51. The Labute approximate surface area is 179 Å². The molecule has 0 aliphatic heterocycles. The summed E-state index contributed by atoms with van der Waals surface area (Å²) >= 11 is 5.81. The first kappa shape index (κ1) is 22.5. The van der Waals surface area contributed by atoms with Crippen LogP contribution in [0.15, 0.2) is 47.9 Å². The molecule has 132 valence electrons. The molecule has 0 spiro atoms. The van der Waals surface area contributed by atoms with E-state index in [-0.39, 0.29) is 40.9 Å². The molecule has 0 saturated carbocycles. The van der Waals surface area contributed by atoms with Crippen molar-refractivity contribution >= 4 is 33.6 Å². The van der Waals surface area contributed by atoms with Crippen LogP contribution < -0.4 is 39.0 Å². The molecular weight excluding hydrogens is 389 g/mol. The zero-order valence-electron chi connectivity index (χ0n) is 14.5. The molecule has 0 aliphatic rings. The van der Waals surface area contributed by atoms with E-state index in [1.165, 1.54) is 38.5 Å². The van der Waals surface area contributed by atoms with Crippen LogP contribution in [0.2, 0.25) is 5.02 Å². The SMILES string of the molecule is COc1cccc(/C=C/S(=O)(=O)[N-]C(=O)c2ccc(Cl)cc2OC)c1.[Na+]. The zero-order chi connectivity index (χ0) is 18.4. The van der Waals surface area contributed by atoms with Crippen molar-refractivity contribution in [2.75, 3.05) is 14.2 Å². The molecule has 0 aromatic heterocycles. The van der Waals surface area contributed by atoms with Crippen molar-refractivity contribution in [3.63, 3.8) is 0 Å². The van der Waals surface area contributed by atoms with E-state index in [2.05, 4.69) is 4.72 Å². The first-order valence-corrected chi connectivity index (χ1v) is 8.91. The Morgan fingerprint density at radius 3 is 2.50 bits per heavy atom. The average Bonchev–Trinajstić information content (AvgIpc) is 2.59. The molecule has 9 heteroatoms. The maximum absolute atomic E-state index is 12.1. The Balaban J connectivity index is 0.00000338. The summed E-state index contributed by atoms with van der Waals surface area (Å²) in [5, 5.41) is 1.20. The molecular formula is C17H15ClNNaO5S. The number of benzene rings is 2. The predicted molar refractivity (Wildman–Crippen MR) is 96.6 cm³/mol. The van der Waals surface area contributed by atoms with E-state index in [0.717, 1.165) is 5.41 Å². The Morgan fingerprint density at radius 1 is 1.12 bits per heavy atom. The minimum absolute atomic E-state index is 0. The van der Waals surface area contributed by atoms with Crippen LogP contribution in [0.1, 0.15) is 15.9 Å². The monoisotopic (exact) mass is 403 g/mol. The summed E-state index contributed by atoms with van der Waals surface area (Å²) in [4.78, 5) is 12.1. The van der Waals surface area contributed by atoms with E-state index in [1.807, 2.05) is 0 Å². The number of nitrogens with zero attached hydrogens (tertiary/aromatic N) is 1. The quantitative estimate of drug-likeness (QED) is 0.668. The van der Waals surface area contributed by atoms with Crippen molar-refractivity contribution in [3.05, 3.63) is 68.7 Å². The molecule has 0 heterocycles. The standard InChI is InChI=1S/C17H16ClNO5S.Na/c1-23-14-5-3-4-12(10-14)8-9-25(21,22)19-17(20)15-7-6-13(18)11-16(15)24-2;/h3-11H,1-2H3,(H,19,20);/q;+1/p-1/b9-8+;. The first-order chi connectivity index (χ1) is 11.8. The average molecular weight is 404 g/mol. The molecule has 6 nitrogen and oxygen atoms in total. The van der Waals surface area contributed by atoms with Gasteiger partial charge in [-0.05, 0) is 42.0 Å². The van der Waals surface area contributed by atoms with Crippen LogP contribution >= 0.6 is 11.6 Å². The number of carbonyl (C=O) groups excluding carboxylic acids is 1. The number of carbonyl (C=O) groups is 1. The molecule has 0 unspecified atom stereocenters. The van der Waals surface area contributed by atoms with Gasteiger partial charge in [-0.1, -0.05) is 23.7 Å². The Morgan fingerprint density at radius 2 is 1.85 bits per heavy atom. The first-order valence-electron chi connectivity index (χ1n) is 7.02. The molecule has 0 fully saturated rings. The summed E-state index contributed by atoms with van der Waals surface area (Å²) in [6.45, 7) is 0. The minimum Gasteiger partial charge on any atom is -0.538 e. The van der Waals surface area contributed by atoms with Gasteiger partial charge in [0.15, 0.2) is 0 Å². The summed E-state index contributed by atoms with van der Waals surface area (Å²) in [5.41, 5.74) is 0.597. The van der Waals surface area contributed by atoms with Gasteiger partial charge in [-0.15, -0.1) is 0 Å². The predicted octanol–water partition coefficient (Wildman–Crippen LogP) is 0.876. The normalized spacial score (nSPS) is 10.9. The summed E-state index contributed by atoms with van der Waals surface area (Å²) in [5.74, 6) is -0.213. The van der Waals surface area contributed by atoms with Crippen LogP contribution in [0.25, 0.3) is 10.8 Å². The van der Waals surface area contributed by atoms with Crippen molar-refractivity contribution < 1.29 is 52.2 Å². The van der Waals surface area contributed by atoms with Crippen molar-refractivity contribution in [3.8, 4) is 11.5 Å². The molecule has 0 bridgehead atoms. The maximum atomic E-state index is 12.1. The second kappa shape index (κ2) is 9.99. The van der Waals surface area contributed by atoms with Crippen molar-refractivity contribution in [2.45, 2.75) is 0 Å². The van der Waals surface area contributed by atoms with E-state index in [4.69, 9.17) is 21.1 Å². The minimum atomic E-state index is -4.12. The Kier molecular flexibility index (Phi) is 8.66. The fraction of sp³-hybridized carbons (Fsp3) is 0.118. The third kappa shape index (κ3) is 6.34. The van der Waals surface area contributed by atoms with Crippen LogP contribution in [0.5, 0.6) is 11.5 Å². The van der Waals surface area contributed by atoms with Gasteiger partial charge >= 0.3 is 29.6 Å². The third-order valence-electron chi connectivity index (χ3n) is 3.13.